The van der Waals surface area contributed by atoms with Crippen molar-refractivity contribution in [2.75, 3.05) is 13.7 Å². The molecule has 33 heavy (non-hydrogen) atoms. The molecule has 0 aromatic carbocycles. The third kappa shape index (κ3) is 5.25. The van der Waals surface area contributed by atoms with Crippen LogP contribution in [0.15, 0.2) is 30.6 Å². The van der Waals surface area contributed by atoms with E-state index in [0.29, 0.717) is 35.4 Å². The number of hydrogen-bond acceptors (Lipinski definition) is 5. The predicted octanol–water partition coefficient (Wildman–Crippen LogP) is 5.28. The van der Waals surface area contributed by atoms with Crippen molar-refractivity contribution in [3.05, 3.63) is 47.5 Å². The first kappa shape index (κ1) is 23.4. The van der Waals surface area contributed by atoms with E-state index in [1.807, 2.05) is 0 Å². The van der Waals surface area contributed by atoms with Crippen LogP contribution >= 0.6 is 0 Å². The molecule has 0 radical (unpaired) electrons. The van der Waals surface area contributed by atoms with Gasteiger partial charge in [0.05, 0.1) is 19.9 Å². The summed E-state index contributed by atoms with van der Waals surface area (Å²) in [5.41, 5.74) is -1.08. The highest BCUT2D eigenvalue weighted by Crippen LogP contribution is 2.50. The monoisotopic (exact) mass is 460 g/mol. The van der Waals surface area contributed by atoms with Gasteiger partial charge in [-0.2, -0.15) is 0 Å². The van der Waals surface area contributed by atoms with Gasteiger partial charge in [-0.3, -0.25) is 0 Å². The second-order valence-electron chi connectivity index (χ2n) is 9.40. The van der Waals surface area contributed by atoms with E-state index in [1.54, 1.807) is 24.4 Å². The topological polar surface area (TPSA) is 81.5 Å². The fraction of sp³-hybridized carbons (Fsp3) is 0.560. The van der Waals surface area contributed by atoms with Crippen LogP contribution in [0, 0.1) is 17.7 Å². The largest absolute Gasteiger partial charge is 0.481 e. The molecule has 2 saturated carbocycles. The van der Waals surface area contributed by atoms with E-state index >= 15 is 4.39 Å². The van der Waals surface area contributed by atoms with E-state index in [-0.39, 0.29) is 17.7 Å². The van der Waals surface area contributed by atoms with E-state index in [0.717, 1.165) is 45.4 Å². The average Bonchev–Trinajstić information content (AvgIpc) is 3.63. The van der Waals surface area contributed by atoms with Crippen LogP contribution in [0.3, 0.4) is 0 Å². The standard InChI is InChI=1S/C25H30F2N2O4/c1-25(27,24(30)31)23(17-7-8-17)18-9-10-28-22(11-18)33-14-15-3-5-16(6-4-15)19-12-21(32-2)29-13-20(19)26/h9-13,15-17,23H,3-8,14H2,1-2H3,(H,30,31)/t15-,16-,23-,25?/m0/s1. The lowest BCUT2D eigenvalue weighted by molar-refractivity contribution is -0.151. The lowest BCUT2D eigenvalue weighted by atomic mass is 9.79. The number of ether oxygens (including phenoxy) is 2. The number of methoxy groups -OCH3 is 1. The smallest absolute Gasteiger partial charge is 0.341 e. The molecule has 0 amide bonds. The van der Waals surface area contributed by atoms with Crippen molar-refractivity contribution in [3.8, 4) is 11.8 Å². The SMILES string of the molecule is COc1cc([C@H]2CC[C@H](COc3cc([C@H](C4CC4)C(C)(F)C(=O)O)ccn3)CC2)c(F)cn1. The van der Waals surface area contributed by atoms with Gasteiger partial charge < -0.3 is 14.6 Å². The number of pyridine rings is 2. The summed E-state index contributed by atoms with van der Waals surface area (Å²) in [6.45, 7) is 1.60. The molecule has 2 fully saturated rings. The van der Waals surface area contributed by atoms with Crippen LogP contribution in [0.25, 0.3) is 0 Å². The molecule has 2 atom stereocenters. The van der Waals surface area contributed by atoms with Crippen molar-refractivity contribution in [1.82, 2.24) is 9.97 Å². The number of nitrogens with zero attached hydrogens (tertiary/aromatic N) is 2. The summed E-state index contributed by atoms with van der Waals surface area (Å²) in [7, 11) is 1.52. The molecule has 6 nitrogen and oxygen atoms in total. The first-order chi connectivity index (χ1) is 15.8. The molecule has 8 heteroatoms. The molecule has 2 aliphatic rings. The van der Waals surface area contributed by atoms with Gasteiger partial charge in [0, 0.05) is 24.2 Å². The van der Waals surface area contributed by atoms with Crippen molar-refractivity contribution < 1.29 is 28.2 Å². The zero-order valence-electron chi connectivity index (χ0n) is 19.0. The van der Waals surface area contributed by atoms with Gasteiger partial charge in [-0.15, -0.1) is 0 Å². The third-order valence-corrected chi connectivity index (χ3v) is 7.04. The molecule has 2 aromatic rings. The molecule has 0 saturated heterocycles. The lowest BCUT2D eigenvalue weighted by Gasteiger charge is -2.29. The fourth-order valence-corrected chi connectivity index (χ4v) is 4.99. The Morgan fingerprint density at radius 2 is 1.91 bits per heavy atom. The number of aromatic nitrogens is 2. The van der Waals surface area contributed by atoms with Crippen LogP contribution in [0.2, 0.25) is 0 Å². The number of rotatable bonds is 9. The number of carboxylic acid groups (broad SMARTS) is 1. The first-order valence-corrected chi connectivity index (χ1v) is 11.5. The summed E-state index contributed by atoms with van der Waals surface area (Å²) in [4.78, 5) is 19.7. The second-order valence-corrected chi connectivity index (χ2v) is 9.40. The summed E-state index contributed by atoms with van der Waals surface area (Å²) >= 11 is 0. The van der Waals surface area contributed by atoms with Crippen molar-refractivity contribution in [1.29, 1.82) is 0 Å². The Hall–Kier alpha value is -2.77. The second kappa shape index (κ2) is 9.61. The summed E-state index contributed by atoms with van der Waals surface area (Å²) in [6.07, 6.45) is 7.87. The molecule has 2 aromatic heterocycles. The number of alkyl halides is 1. The lowest BCUT2D eigenvalue weighted by Crippen LogP contribution is -2.38. The maximum Gasteiger partial charge on any atom is 0.341 e. The maximum atomic E-state index is 15.0. The number of hydrogen-bond donors (Lipinski definition) is 1. The summed E-state index contributed by atoms with van der Waals surface area (Å²) in [5.74, 6) is -1.22. The molecule has 178 valence electrons. The van der Waals surface area contributed by atoms with E-state index < -0.39 is 17.6 Å². The normalized spacial score (nSPS) is 23.4. The van der Waals surface area contributed by atoms with Crippen molar-refractivity contribution in [3.63, 3.8) is 0 Å². The maximum absolute atomic E-state index is 15.0. The van der Waals surface area contributed by atoms with Crippen molar-refractivity contribution in [2.45, 2.75) is 63.0 Å². The van der Waals surface area contributed by atoms with Gasteiger partial charge in [0.15, 0.2) is 0 Å². The van der Waals surface area contributed by atoms with Crippen LogP contribution in [-0.2, 0) is 4.79 Å². The van der Waals surface area contributed by atoms with Gasteiger partial charge in [0.25, 0.3) is 0 Å². The minimum Gasteiger partial charge on any atom is -0.481 e. The van der Waals surface area contributed by atoms with E-state index in [2.05, 4.69) is 9.97 Å². The quantitative estimate of drug-likeness (QED) is 0.548. The molecule has 1 N–H and O–H groups in total. The van der Waals surface area contributed by atoms with Crippen LogP contribution in [0.1, 0.15) is 68.4 Å². The van der Waals surface area contributed by atoms with Gasteiger partial charge in [-0.1, -0.05) is 0 Å². The zero-order valence-corrected chi connectivity index (χ0v) is 19.0. The summed E-state index contributed by atoms with van der Waals surface area (Å²) < 4.78 is 40.3. The van der Waals surface area contributed by atoms with Gasteiger partial charge >= 0.3 is 5.97 Å². The minimum absolute atomic E-state index is 0.0221. The first-order valence-electron chi connectivity index (χ1n) is 11.5. The molecule has 1 unspecified atom stereocenters. The van der Waals surface area contributed by atoms with Gasteiger partial charge in [0.2, 0.25) is 17.4 Å². The number of aliphatic carboxylic acids is 1. The fourth-order valence-electron chi connectivity index (χ4n) is 4.99. The Bertz CT molecular complexity index is 988. The van der Waals surface area contributed by atoms with Gasteiger partial charge in [-0.05, 0) is 80.4 Å². The van der Waals surface area contributed by atoms with Crippen LogP contribution in [-0.4, -0.2) is 40.4 Å². The summed E-state index contributed by atoms with van der Waals surface area (Å²) in [5, 5.41) is 9.39. The predicted molar refractivity (Wildman–Crippen MR) is 118 cm³/mol. The Morgan fingerprint density at radius 1 is 1.18 bits per heavy atom. The highest BCUT2D eigenvalue weighted by molar-refractivity contribution is 5.78. The van der Waals surface area contributed by atoms with Crippen LogP contribution in [0.4, 0.5) is 8.78 Å². The number of carboxylic acids is 1. The Balaban J connectivity index is 1.36. The molecule has 2 aliphatic carbocycles. The van der Waals surface area contributed by atoms with Crippen molar-refractivity contribution in [2.24, 2.45) is 11.8 Å². The highest BCUT2D eigenvalue weighted by atomic mass is 19.1. The van der Waals surface area contributed by atoms with Crippen molar-refractivity contribution >= 4 is 5.97 Å². The van der Waals surface area contributed by atoms with Crippen LogP contribution in [0.5, 0.6) is 11.8 Å². The van der Waals surface area contributed by atoms with E-state index in [9.17, 15) is 14.3 Å². The van der Waals surface area contributed by atoms with Crippen LogP contribution < -0.4 is 9.47 Å². The Labute approximate surface area is 192 Å². The number of carbonyl (C=O) groups is 1. The molecule has 4 rings (SSSR count). The van der Waals surface area contributed by atoms with Gasteiger partial charge in [-0.25, -0.2) is 23.5 Å². The molecule has 2 heterocycles. The van der Waals surface area contributed by atoms with E-state index in [4.69, 9.17) is 9.47 Å². The molecular formula is C25H30F2N2O4. The summed E-state index contributed by atoms with van der Waals surface area (Å²) in [6, 6.07) is 5.03. The minimum atomic E-state index is -2.34. The highest BCUT2D eigenvalue weighted by Gasteiger charge is 2.50. The Morgan fingerprint density at radius 3 is 2.55 bits per heavy atom. The Kier molecular flexibility index (Phi) is 6.81. The number of halogens is 2. The zero-order chi connectivity index (χ0) is 23.6. The molecule has 0 bridgehead atoms. The third-order valence-electron chi connectivity index (χ3n) is 7.04. The average molecular weight is 461 g/mol. The van der Waals surface area contributed by atoms with Gasteiger partial charge in [0.1, 0.15) is 5.82 Å². The molecule has 0 aliphatic heterocycles. The van der Waals surface area contributed by atoms with E-state index in [1.165, 1.54) is 13.3 Å². The molecular weight excluding hydrogens is 430 g/mol. The molecule has 0 spiro atoms.